The molecule has 2 aliphatic rings. The molecule has 218 valence electrons. The second kappa shape index (κ2) is 9.21. The number of carbonyl (C=O) groups is 1. The summed E-state index contributed by atoms with van der Waals surface area (Å²) in [6.45, 7) is 2.38. The number of pyridine rings is 1. The van der Waals surface area contributed by atoms with E-state index in [1.807, 2.05) is 0 Å². The Bertz CT molecular complexity index is 1280. The van der Waals surface area contributed by atoms with Crippen LogP contribution in [-0.2, 0) is 15.7 Å². The molecule has 0 unspecified atom stereocenters. The summed E-state index contributed by atoms with van der Waals surface area (Å²) in [4.78, 5) is 28.9. The standard InChI is InChI=1S/C21H24F8N6O3S/c1-12(32-15-10-31-33-19(36)18(15)21(22,23)24)11-38-16-8-14(16)20(37)35-6-4-34(5-7-35)17-3-2-13(9-30-17)39(25,26,27,28)29/h2-3,9-10,12,14,16H,4-8,11H2,1H3,(H2,32,33,36)/t12-,14-,16+/m0/s1. The van der Waals surface area contributed by atoms with Gasteiger partial charge >= 0.3 is 16.4 Å². The van der Waals surface area contributed by atoms with E-state index in [1.165, 1.54) is 6.92 Å². The van der Waals surface area contributed by atoms with E-state index in [9.17, 15) is 42.2 Å². The third kappa shape index (κ3) is 6.90. The van der Waals surface area contributed by atoms with E-state index in [0.29, 0.717) is 12.5 Å². The number of hydrogen-bond acceptors (Lipinski definition) is 7. The number of aromatic nitrogens is 3. The van der Waals surface area contributed by atoms with Crippen LogP contribution in [0.4, 0.5) is 44.1 Å². The molecular formula is C21H24F8N6O3S. The van der Waals surface area contributed by atoms with Gasteiger partial charge in [0.1, 0.15) is 16.3 Å². The largest absolute Gasteiger partial charge is 0.423 e. The Morgan fingerprint density at radius 2 is 1.82 bits per heavy atom. The molecule has 3 atom stereocenters. The quantitative estimate of drug-likeness (QED) is 0.439. The number of piperazine rings is 1. The number of hydrogen-bond donors (Lipinski definition) is 2. The number of aromatic amines is 1. The average molecular weight is 593 g/mol. The molecule has 2 aromatic heterocycles. The molecule has 1 amide bonds. The molecule has 2 N–H and O–H groups in total. The second-order valence-corrected chi connectivity index (χ2v) is 11.8. The lowest BCUT2D eigenvalue weighted by molar-refractivity contribution is -0.138. The molecule has 1 saturated carbocycles. The monoisotopic (exact) mass is 592 g/mol. The number of H-pyrrole nitrogens is 1. The third-order valence-electron chi connectivity index (χ3n) is 6.23. The van der Waals surface area contributed by atoms with E-state index in [0.717, 1.165) is 12.3 Å². The summed E-state index contributed by atoms with van der Waals surface area (Å²) in [5.41, 5.74) is -3.29. The van der Waals surface area contributed by atoms with Gasteiger partial charge in [0, 0.05) is 32.2 Å². The third-order valence-corrected chi connectivity index (χ3v) is 7.36. The van der Waals surface area contributed by atoms with Gasteiger partial charge in [-0.2, -0.15) is 18.3 Å². The maximum absolute atomic E-state index is 13.2. The Morgan fingerprint density at radius 3 is 2.38 bits per heavy atom. The molecule has 0 aromatic carbocycles. The number of amides is 1. The van der Waals surface area contributed by atoms with Crippen molar-refractivity contribution in [3.63, 3.8) is 0 Å². The number of carbonyl (C=O) groups excluding carboxylic acids is 1. The summed E-state index contributed by atoms with van der Waals surface area (Å²) in [6, 6.07) is 0.511. The van der Waals surface area contributed by atoms with Gasteiger partial charge in [0.05, 0.1) is 36.7 Å². The lowest BCUT2D eigenvalue weighted by Crippen LogP contribution is -2.49. The summed E-state index contributed by atoms with van der Waals surface area (Å²) >= 11 is 0. The van der Waals surface area contributed by atoms with Crippen LogP contribution >= 0.6 is 10.2 Å². The van der Waals surface area contributed by atoms with Gasteiger partial charge in [-0.05, 0) is 25.5 Å². The predicted octanol–water partition coefficient (Wildman–Crippen LogP) is 4.40. The van der Waals surface area contributed by atoms with E-state index >= 15 is 0 Å². The van der Waals surface area contributed by atoms with Crippen molar-refractivity contribution < 1.29 is 42.1 Å². The normalized spacial score (nSPS) is 22.6. The fourth-order valence-electron chi connectivity index (χ4n) is 4.16. The molecule has 39 heavy (non-hydrogen) atoms. The van der Waals surface area contributed by atoms with E-state index in [2.05, 4.69) is 15.4 Å². The summed E-state index contributed by atoms with van der Waals surface area (Å²) in [6.07, 6.45) is -3.98. The van der Waals surface area contributed by atoms with Crippen LogP contribution in [0.2, 0.25) is 0 Å². The Morgan fingerprint density at radius 1 is 1.15 bits per heavy atom. The highest BCUT2D eigenvalue weighted by Crippen LogP contribution is 3.02. The van der Waals surface area contributed by atoms with Crippen molar-refractivity contribution in [2.75, 3.05) is 43.0 Å². The van der Waals surface area contributed by atoms with Crippen molar-refractivity contribution in [3.8, 4) is 0 Å². The molecule has 9 nitrogen and oxygen atoms in total. The summed E-state index contributed by atoms with van der Waals surface area (Å²) in [7, 11) is -9.81. The van der Waals surface area contributed by atoms with Gasteiger partial charge in [0.15, 0.2) is 0 Å². The van der Waals surface area contributed by atoms with Gasteiger partial charge < -0.3 is 19.9 Å². The number of nitrogens with zero attached hydrogens (tertiary/aromatic N) is 4. The summed E-state index contributed by atoms with van der Waals surface area (Å²) < 4.78 is 110. The van der Waals surface area contributed by atoms with Gasteiger partial charge in [-0.3, -0.25) is 9.59 Å². The highest BCUT2D eigenvalue weighted by atomic mass is 32.5. The van der Waals surface area contributed by atoms with Crippen molar-refractivity contribution in [2.24, 2.45) is 5.92 Å². The molecule has 3 heterocycles. The molecule has 1 saturated heterocycles. The van der Waals surface area contributed by atoms with Crippen LogP contribution < -0.4 is 15.8 Å². The van der Waals surface area contributed by atoms with Crippen LogP contribution in [0, 0.1) is 5.92 Å². The minimum absolute atomic E-state index is 0.0487. The van der Waals surface area contributed by atoms with Crippen molar-refractivity contribution >= 4 is 27.6 Å². The molecule has 0 spiro atoms. The topological polar surface area (TPSA) is 103 Å². The first kappa shape index (κ1) is 28.8. The van der Waals surface area contributed by atoms with Crippen LogP contribution in [0.25, 0.3) is 0 Å². The number of halogens is 8. The van der Waals surface area contributed by atoms with E-state index in [-0.39, 0.29) is 50.7 Å². The smallest absolute Gasteiger partial charge is 0.378 e. The molecule has 2 fully saturated rings. The number of rotatable bonds is 8. The average Bonchev–Trinajstić information content (AvgIpc) is 3.60. The fraction of sp³-hybridized carbons (Fsp3) is 0.524. The first-order valence-electron chi connectivity index (χ1n) is 11.6. The Balaban J connectivity index is 1.24. The summed E-state index contributed by atoms with van der Waals surface area (Å²) in [5, 5.41) is 7.67. The van der Waals surface area contributed by atoms with E-state index < -0.39 is 56.2 Å². The highest BCUT2D eigenvalue weighted by molar-refractivity contribution is 8.45. The minimum Gasteiger partial charge on any atom is -0.378 e. The molecule has 1 aliphatic carbocycles. The number of anilines is 2. The van der Waals surface area contributed by atoms with Crippen molar-refractivity contribution in [3.05, 3.63) is 40.4 Å². The lowest BCUT2D eigenvalue weighted by Gasteiger charge is -2.40. The maximum atomic E-state index is 13.2. The van der Waals surface area contributed by atoms with Crippen LogP contribution in [0.1, 0.15) is 18.9 Å². The zero-order valence-corrected chi connectivity index (χ0v) is 21.0. The number of ether oxygens (including phenoxy) is 1. The first-order valence-corrected chi connectivity index (χ1v) is 13.6. The highest BCUT2D eigenvalue weighted by Gasteiger charge is 2.65. The molecular weight excluding hydrogens is 568 g/mol. The first-order chi connectivity index (χ1) is 17.8. The molecule has 0 bridgehead atoms. The lowest BCUT2D eigenvalue weighted by atomic mass is 10.2. The van der Waals surface area contributed by atoms with Gasteiger partial charge in [-0.25, -0.2) is 10.1 Å². The minimum atomic E-state index is -9.81. The fourth-order valence-corrected chi connectivity index (χ4v) is 4.74. The molecule has 2 aromatic rings. The van der Waals surface area contributed by atoms with Crippen molar-refractivity contribution in [1.82, 2.24) is 20.1 Å². The molecule has 1 aliphatic heterocycles. The van der Waals surface area contributed by atoms with Crippen LogP contribution in [0.3, 0.4) is 0 Å². The maximum Gasteiger partial charge on any atom is 0.423 e. The van der Waals surface area contributed by atoms with Crippen LogP contribution in [0.5, 0.6) is 0 Å². The Labute approximate surface area is 216 Å². The summed E-state index contributed by atoms with van der Waals surface area (Å²) in [5.74, 6) is -0.584. The number of alkyl halides is 3. The van der Waals surface area contributed by atoms with Crippen LogP contribution in [-0.4, -0.2) is 70.9 Å². The van der Waals surface area contributed by atoms with Gasteiger partial charge in [-0.1, -0.05) is 19.4 Å². The zero-order valence-electron chi connectivity index (χ0n) is 20.2. The van der Waals surface area contributed by atoms with Gasteiger partial charge in [0.25, 0.3) is 5.56 Å². The Hall–Kier alpha value is -3.15. The SMILES string of the molecule is C[C@@H](CO[C@@H]1C[C@@H]1C(=O)N1CCN(c2ccc(S(F)(F)(F)(F)F)cn2)CC1)Nc1cn[nH]c(=O)c1C(F)(F)F. The van der Waals surface area contributed by atoms with Gasteiger partial charge in [0.2, 0.25) is 5.91 Å². The molecule has 0 radical (unpaired) electrons. The second-order valence-electron chi connectivity index (χ2n) is 9.38. The number of nitrogens with one attached hydrogen (secondary N) is 2. The van der Waals surface area contributed by atoms with E-state index in [4.69, 9.17) is 4.74 Å². The zero-order chi connectivity index (χ0) is 28.9. The predicted molar refractivity (Wildman–Crippen MR) is 125 cm³/mol. The van der Waals surface area contributed by atoms with Crippen LogP contribution in [0.15, 0.2) is 34.2 Å². The molecule has 4 rings (SSSR count). The van der Waals surface area contributed by atoms with Crippen molar-refractivity contribution in [1.29, 1.82) is 0 Å². The van der Waals surface area contributed by atoms with Crippen molar-refractivity contribution in [2.45, 2.75) is 36.6 Å². The van der Waals surface area contributed by atoms with Gasteiger partial charge in [-0.15, -0.1) is 0 Å². The molecule has 18 heteroatoms. The Kier molecular flexibility index (Phi) is 6.81. The van der Waals surface area contributed by atoms with E-state index in [1.54, 1.807) is 14.9 Å².